The van der Waals surface area contributed by atoms with Crippen molar-refractivity contribution in [3.63, 3.8) is 0 Å². The summed E-state index contributed by atoms with van der Waals surface area (Å²) in [6.45, 7) is 13.2. The number of hydrogen-bond acceptors (Lipinski definition) is 3. The third-order valence-corrected chi connectivity index (χ3v) is 4.93. The van der Waals surface area contributed by atoms with E-state index in [2.05, 4.69) is 63.1 Å². The summed E-state index contributed by atoms with van der Waals surface area (Å²) in [5, 5.41) is 6.29. The van der Waals surface area contributed by atoms with Gasteiger partial charge in [0.2, 0.25) is 0 Å². The first-order valence-corrected chi connectivity index (χ1v) is 6.50. The van der Waals surface area contributed by atoms with Gasteiger partial charge < -0.3 is 14.5 Å². The van der Waals surface area contributed by atoms with Crippen molar-refractivity contribution in [3.05, 3.63) is 12.4 Å². The molecule has 1 rings (SSSR count). The second-order valence-corrected chi connectivity index (χ2v) is 7.42. The minimum absolute atomic E-state index is 0.125. The van der Waals surface area contributed by atoms with Crippen molar-refractivity contribution in [2.24, 2.45) is 5.40 Å². The van der Waals surface area contributed by atoms with Crippen LogP contribution in [0.3, 0.4) is 0 Å². The predicted molar refractivity (Wildman–Crippen MR) is 62.3 cm³/mol. The van der Waals surface area contributed by atoms with E-state index in [9.17, 15) is 0 Å². The topological polar surface area (TPSA) is 32.5 Å². The highest BCUT2D eigenvalue weighted by Gasteiger charge is 2.38. The maximum atomic E-state index is 6.29. The van der Waals surface area contributed by atoms with Gasteiger partial charge in [-0.25, -0.2) is 0 Å². The second kappa shape index (κ2) is 3.27. The molecule has 14 heavy (non-hydrogen) atoms. The highest BCUT2D eigenvalue weighted by Crippen LogP contribution is 2.25. The Labute approximate surface area is 89.4 Å². The summed E-state index contributed by atoms with van der Waals surface area (Å²) in [5.41, 5.74) is 0.249. The Morgan fingerprint density at radius 1 is 0.857 bits per heavy atom. The first-order valence-electron chi connectivity index (χ1n) is 5.03. The van der Waals surface area contributed by atoms with Crippen LogP contribution in [-0.2, 0) is 0 Å². The Bertz CT molecular complexity index is 213. The highest BCUT2D eigenvalue weighted by atomic mass is 28.3. The molecule has 0 aromatic heterocycles. The smallest absolute Gasteiger partial charge is 0.368 e. The lowest BCUT2D eigenvalue weighted by atomic mass is 10.1. The molecule has 1 aliphatic heterocycles. The van der Waals surface area contributed by atoms with Crippen LogP contribution in [0, 0.1) is 0 Å². The van der Waals surface area contributed by atoms with Gasteiger partial charge >= 0.3 is 9.28 Å². The molecule has 0 unspecified atom stereocenters. The van der Waals surface area contributed by atoms with E-state index in [1.54, 1.807) is 0 Å². The molecule has 0 aliphatic carbocycles. The fraction of sp³-hybridized carbons (Fsp3) is 0.800. The van der Waals surface area contributed by atoms with E-state index in [0.717, 1.165) is 0 Å². The van der Waals surface area contributed by atoms with E-state index in [4.69, 9.17) is 5.40 Å². The lowest BCUT2D eigenvalue weighted by Crippen LogP contribution is -2.61. The summed E-state index contributed by atoms with van der Waals surface area (Å²) < 4.78 is 4.56. The SMILES string of the molecule is CC(C)(C)N1C=CN(C(C)(C)C)[Si]1N. The van der Waals surface area contributed by atoms with Crippen LogP contribution in [0.15, 0.2) is 12.4 Å². The van der Waals surface area contributed by atoms with E-state index >= 15 is 0 Å². The lowest BCUT2D eigenvalue weighted by Gasteiger charge is -2.41. The van der Waals surface area contributed by atoms with Crippen LogP contribution in [0.1, 0.15) is 41.5 Å². The molecule has 0 aromatic rings. The number of hydrogen-bond donors (Lipinski definition) is 1. The molecule has 0 bridgehead atoms. The molecule has 81 valence electrons. The zero-order valence-corrected chi connectivity index (χ0v) is 11.1. The normalized spacial score (nSPS) is 19.6. The van der Waals surface area contributed by atoms with Gasteiger partial charge in [0, 0.05) is 23.5 Å². The Kier molecular flexibility index (Phi) is 2.71. The second-order valence-electron chi connectivity index (χ2n) is 5.74. The molecule has 0 spiro atoms. The minimum atomic E-state index is -1.09. The Hall–Kier alpha value is -0.483. The molecular weight excluding hydrogens is 190 g/mol. The molecule has 0 saturated carbocycles. The van der Waals surface area contributed by atoms with Gasteiger partial charge in [-0.3, -0.25) is 0 Å². The summed E-state index contributed by atoms with van der Waals surface area (Å²) in [5.74, 6) is 0. The van der Waals surface area contributed by atoms with Crippen molar-refractivity contribution >= 4 is 9.28 Å². The predicted octanol–water partition coefficient (Wildman–Crippen LogP) is 1.62. The molecular formula is C10H22N3Si. The van der Waals surface area contributed by atoms with Crippen LogP contribution < -0.4 is 5.40 Å². The average molecular weight is 212 g/mol. The number of nitrogens with zero attached hydrogens (tertiary/aromatic N) is 2. The van der Waals surface area contributed by atoms with E-state index in [1.165, 1.54) is 0 Å². The maximum absolute atomic E-state index is 6.29. The highest BCUT2D eigenvalue weighted by molar-refractivity contribution is 6.51. The summed E-state index contributed by atoms with van der Waals surface area (Å²) in [7, 11) is -1.09. The van der Waals surface area contributed by atoms with Crippen molar-refractivity contribution < 1.29 is 0 Å². The fourth-order valence-electron chi connectivity index (χ4n) is 1.54. The molecule has 1 radical (unpaired) electrons. The standard InChI is InChI=1S/C10H22N3Si/c1-9(2,3)12-7-8-13(14(12)11)10(4,5)6/h7-8H,11H2,1-6H3. The van der Waals surface area contributed by atoms with Crippen LogP contribution in [0.2, 0.25) is 0 Å². The monoisotopic (exact) mass is 212 g/mol. The molecule has 3 nitrogen and oxygen atoms in total. The van der Waals surface area contributed by atoms with E-state index in [0.29, 0.717) is 0 Å². The molecule has 0 fully saturated rings. The van der Waals surface area contributed by atoms with E-state index < -0.39 is 9.28 Å². The van der Waals surface area contributed by atoms with Crippen LogP contribution in [0.4, 0.5) is 0 Å². The van der Waals surface area contributed by atoms with E-state index in [-0.39, 0.29) is 11.1 Å². The third kappa shape index (κ3) is 2.12. The van der Waals surface area contributed by atoms with Gasteiger partial charge in [-0.2, -0.15) is 0 Å². The third-order valence-electron chi connectivity index (χ3n) is 2.30. The Morgan fingerprint density at radius 2 is 1.14 bits per heavy atom. The zero-order valence-electron chi connectivity index (χ0n) is 10.1. The Morgan fingerprint density at radius 3 is 1.29 bits per heavy atom. The average Bonchev–Trinajstić information content (AvgIpc) is 2.26. The zero-order chi connectivity index (χ0) is 11.1. The summed E-state index contributed by atoms with van der Waals surface area (Å²) >= 11 is 0. The van der Waals surface area contributed by atoms with E-state index in [1.807, 2.05) is 0 Å². The molecule has 0 aromatic carbocycles. The first kappa shape index (κ1) is 11.6. The van der Waals surface area contributed by atoms with Gasteiger partial charge in [0.25, 0.3) is 0 Å². The maximum Gasteiger partial charge on any atom is 0.393 e. The molecule has 0 atom stereocenters. The molecule has 1 aliphatic rings. The van der Waals surface area contributed by atoms with Crippen molar-refractivity contribution in [1.82, 2.24) is 9.13 Å². The first-order chi connectivity index (χ1) is 6.14. The van der Waals surface area contributed by atoms with Crippen LogP contribution in [0.25, 0.3) is 0 Å². The fourth-order valence-corrected chi connectivity index (χ4v) is 3.58. The van der Waals surface area contributed by atoms with Crippen molar-refractivity contribution in [2.45, 2.75) is 52.6 Å². The summed E-state index contributed by atoms with van der Waals surface area (Å²) in [6.07, 6.45) is 4.25. The van der Waals surface area contributed by atoms with Gasteiger partial charge in [0.15, 0.2) is 0 Å². The molecule has 2 N–H and O–H groups in total. The molecule has 1 heterocycles. The van der Waals surface area contributed by atoms with Crippen LogP contribution in [0.5, 0.6) is 0 Å². The van der Waals surface area contributed by atoms with Crippen molar-refractivity contribution in [1.29, 1.82) is 0 Å². The van der Waals surface area contributed by atoms with Gasteiger partial charge in [-0.15, -0.1) is 0 Å². The van der Waals surface area contributed by atoms with Crippen LogP contribution in [-0.4, -0.2) is 29.5 Å². The minimum Gasteiger partial charge on any atom is -0.368 e. The Balaban J connectivity index is 2.81. The van der Waals surface area contributed by atoms with Gasteiger partial charge in [-0.1, -0.05) is 0 Å². The molecule has 4 heteroatoms. The quantitative estimate of drug-likeness (QED) is 0.619. The van der Waals surface area contributed by atoms with Crippen molar-refractivity contribution in [2.75, 3.05) is 0 Å². The van der Waals surface area contributed by atoms with Gasteiger partial charge in [-0.05, 0) is 41.5 Å². The lowest BCUT2D eigenvalue weighted by molar-refractivity contribution is 0.280. The summed E-state index contributed by atoms with van der Waals surface area (Å²) in [4.78, 5) is 0. The largest absolute Gasteiger partial charge is 0.393 e. The molecule has 0 amide bonds. The van der Waals surface area contributed by atoms with Gasteiger partial charge in [0.05, 0.1) is 0 Å². The van der Waals surface area contributed by atoms with Crippen molar-refractivity contribution in [3.8, 4) is 0 Å². The van der Waals surface area contributed by atoms with Gasteiger partial charge in [0.1, 0.15) is 0 Å². The molecule has 0 saturated heterocycles. The summed E-state index contributed by atoms with van der Waals surface area (Å²) in [6, 6.07) is 0. The van der Waals surface area contributed by atoms with Crippen LogP contribution >= 0.6 is 0 Å². The number of nitrogens with two attached hydrogens (primary N) is 1. The number of rotatable bonds is 0.